The maximum Gasteiger partial charge on any atom is 0.242 e. The molecule has 6 heteroatoms. The quantitative estimate of drug-likeness (QED) is 0.774. The van der Waals surface area contributed by atoms with Gasteiger partial charge in [-0.05, 0) is 13.0 Å². The fraction of sp³-hybridized carbons (Fsp3) is 0.357. The van der Waals surface area contributed by atoms with Gasteiger partial charge in [0, 0.05) is 19.0 Å². The van der Waals surface area contributed by atoms with Gasteiger partial charge < -0.3 is 15.4 Å². The third kappa shape index (κ3) is 3.42. The van der Waals surface area contributed by atoms with E-state index in [9.17, 15) is 4.79 Å². The number of hydrogen-bond acceptors (Lipinski definition) is 5. The van der Waals surface area contributed by atoms with Gasteiger partial charge >= 0.3 is 0 Å². The summed E-state index contributed by atoms with van der Waals surface area (Å²) in [6, 6.07) is 7.30. The number of rotatable bonds is 6. The maximum absolute atomic E-state index is 11.9. The van der Waals surface area contributed by atoms with Crippen molar-refractivity contribution >= 4 is 22.5 Å². The van der Waals surface area contributed by atoms with Crippen molar-refractivity contribution in [2.45, 2.75) is 13.0 Å². The van der Waals surface area contributed by atoms with Crippen LogP contribution in [0.1, 0.15) is 6.92 Å². The lowest BCUT2D eigenvalue weighted by atomic mass is 10.2. The summed E-state index contributed by atoms with van der Waals surface area (Å²) in [7, 11) is 1.60. The number of aromatic nitrogens is 2. The Labute approximate surface area is 117 Å². The largest absolute Gasteiger partial charge is 0.383 e. The molecule has 1 amide bonds. The average Bonchev–Trinajstić information content (AvgIpc) is 2.47. The Bertz CT molecular complexity index is 583. The van der Waals surface area contributed by atoms with Gasteiger partial charge in [-0.3, -0.25) is 4.79 Å². The number of anilines is 1. The SMILES string of the molecule is COCCNC(=O)C(C)Nc1cnnc2ccccc12. The highest BCUT2D eigenvalue weighted by molar-refractivity contribution is 5.93. The molecule has 2 N–H and O–H groups in total. The summed E-state index contributed by atoms with van der Waals surface area (Å²) in [5.41, 5.74) is 1.59. The number of ether oxygens (including phenoxy) is 1. The van der Waals surface area contributed by atoms with Gasteiger partial charge in [0.1, 0.15) is 6.04 Å². The molecule has 0 aliphatic carbocycles. The number of nitrogens with zero attached hydrogens (tertiary/aromatic N) is 2. The van der Waals surface area contributed by atoms with Crippen LogP contribution in [0.5, 0.6) is 0 Å². The second-order valence-corrected chi connectivity index (χ2v) is 4.43. The fourth-order valence-corrected chi connectivity index (χ4v) is 1.85. The second kappa shape index (κ2) is 6.81. The maximum atomic E-state index is 11.9. The van der Waals surface area contributed by atoms with Crippen LogP contribution in [-0.4, -0.2) is 42.4 Å². The van der Waals surface area contributed by atoms with Crippen LogP contribution in [0.25, 0.3) is 10.9 Å². The third-order valence-electron chi connectivity index (χ3n) is 2.92. The van der Waals surface area contributed by atoms with Crippen molar-refractivity contribution in [2.24, 2.45) is 0 Å². The zero-order chi connectivity index (χ0) is 14.4. The Hall–Kier alpha value is -2.21. The van der Waals surface area contributed by atoms with Gasteiger partial charge in [-0.15, -0.1) is 0 Å². The van der Waals surface area contributed by atoms with Gasteiger partial charge in [0.05, 0.1) is 24.0 Å². The Morgan fingerprint density at radius 3 is 3.00 bits per heavy atom. The molecule has 2 aromatic rings. The first-order chi connectivity index (χ1) is 9.72. The van der Waals surface area contributed by atoms with E-state index in [-0.39, 0.29) is 11.9 Å². The van der Waals surface area contributed by atoms with E-state index < -0.39 is 0 Å². The molecule has 0 saturated heterocycles. The van der Waals surface area contributed by atoms with Gasteiger partial charge in [0.15, 0.2) is 0 Å². The van der Waals surface area contributed by atoms with E-state index in [0.717, 1.165) is 16.6 Å². The van der Waals surface area contributed by atoms with Crippen molar-refractivity contribution in [3.63, 3.8) is 0 Å². The highest BCUT2D eigenvalue weighted by Crippen LogP contribution is 2.20. The summed E-state index contributed by atoms with van der Waals surface area (Å²) in [5, 5.41) is 14.9. The normalized spacial score (nSPS) is 12.1. The first kappa shape index (κ1) is 14.2. The summed E-state index contributed by atoms with van der Waals surface area (Å²) in [6.07, 6.45) is 1.63. The van der Waals surface area contributed by atoms with Crippen LogP contribution < -0.4 is 10.6 Å². The third-order valence-corrected chi connectivity index (χ3v) is 2.92. The monoisotopic (exact) mass is 274 g/mol. The standard InChI is InChI=1S/C14H18N4O2/c1-10(14(19)15-7-8-20-2)17-13-9-16-18-12-6-4-3-5-11(12)13/h3-6,9-10H,7-8H2,1-2H3,(H,15,19)(H,17,18). The molecular formula is C14H18N4O2. The highest BCUT2D eigenvalue weighted by atomic mass is 16.5. The Morgan fingerprint density at radius 2 is 2.20 bits per heavy atom. The number of nitrogens with one attached hydrogen (secondary N) is 2. The molecule has 0 fully saturated rings. The second-order valence-electron chi connectivity index (χ2n) is 4.43. The zero-order valence-corrected chi connectivity index (χ0v) is 11.6. The van der Waals surface area contributed by atoms with Crippen molar-refractivity contribution in [1.82, 2.24) is 15.5 Å². The van der Waals surface area contributed by atoms with Crippen molar-refractivity contribution < 1.29 is 9.53 Å². The summed E-state index contributed by atoms with van der Waals surface area (Å²) in [5.74, 6) is -0.0806. The van der Waals surface area contributed by atoms with E-state index in [2.05, 4.69) is 20.8 Å². The van der Waals surface area contributed by atoms with Crippen molar-refractivity contribution in [2.75, 3.05) is 25.6 Å². The van der Waals surface area contributed by atoms with Crippen LogP contribution in [0, 0.1) is 0 Å². The number of carbonyl (C=O) groups excluding carboxylic acids is 1. The minimum absolute atomic E-state index is 0.0806. The van der Waals surface area contributed by atoms with Crippen LogP contribution in [0.3, 0.4) is 0 Å². The lowest BCUT2D eigenvalue weighted by Crippen LogP contribution is -2.39. The van der Waals surface area contributed by atoms with E-state index >= 15 is 0 Å². The minimum Gasteiger partial charge on any atom is -0.383 e. The van der Waals surface area contributed by atoms with E-state index in [1.54, 1.807) is 20.2 Å². The molecule has 1 heterocycles. The molecule has 1 atom stereocenters. The molecule has 106 valence electrons. The molecule has 0 saturated carbocycles. The van der Waals surface area contributed by atoms with Gasteiger partial charge in [0.2, 0.25) is 5.91 Å². The number of carbonyl (C=O) groups is 1. The molecule has 1 aromatic carbocycles. The predicted octanol–water partition coefficient (Wildman–Crippen LogP) is 1.19. The lowest BCUT2D eigenvalue weighted by Gasteiger charge is -2.16. The van der Waals surface area contributed by atoms with Crippen molar-refractivity contribution in [3.8, 4) is 0 Å². The molecule has 0 bridgehead atoms. The van der Waals surface area contributed by atoms with Crippen LogP contribution in [-0.2, 0) is 9.53 Å². The molecule has 0 aliphatic heterocycles. The van der Waals surface area contributed by atoms with E-state index in [1.165, 1.54) is 0 Å². The van der Waals surface area contributed by atoms with Gasteiger partial charge in [0.25, 0.3) is 0 Å². The van der Waals surface area contributed by atoms with E-state index in [1.807, 2.05) is 24.3 Å². The molecule has 2 rings (SSSR count). The first-order valence-corrected chi connectivity index (χ1v) is 6.46. The van der Waals surface area contributed by atoms with Gasteiger partial charge in [-0.2, -0.15) is 10.2 Å². The number of methoxy groups -OCH3 is 1. The summed E-state index contributed by atoms with van der Waals surface area (Å²) in [6.45, 7) is 2.80. The van der Waals surface area contributed by atoms with Gasteiger partial charge in [-0.25, -0.2) is 0 Å². The molecule has 1 aromatic heterocycles. The number of hydrogen-bond donors (Lipinski definition) is 2. The first-order valence-electron chi connectivity index (χ1n) is 6.46. The average molecular weight is 274 g/mol. The topological polar surface area (TPSA) is 76.1 Å². The molecule has 1 unspecified atom stereocenters. The Kier molecular flexibility index (Phi) is 4.84. The van der Waals surface area contributed by atoms with Crippen molar-refractivity contribution in [1.29, 1.82) is 0 Å². The molecule has 0 radical (unpaired) electrons. The fourth-order valence-electron chi connectivity index (χ4n) is 1.85. The Balaban J connectivity index is 2.06. The molecule has 0 aliphatic rings. The van der Waals surface area contributed by atoms with E-state index in [0.29, 0.717) is 13.2 Å². The van der Waals surface area contributed by atoms with Crippen LogP contribution in [0.4, 0.5) is 5.69 Å². The lowest BCUT2D eigenvalue weighted by molar-refractivity contribution is -0.121. The van der Waals surface area contributed by atoms with Crippen LogP contribution in [0.2, 0.25) is 0 Å². The highest BCUT2D eigenvalue weighted by Gasteiger charge is 2.13. The minimum atomic E-state index is -0.362. The Morgan fingerprint density at radius 1 is 1.40 bits per heavy atom. The number of fused-ring (bicyclic) bond motifs is 1. The molecular weight excluding hydrogens is 256 g/mol. The van der Waals surface area contributed by atoms with E-state index in [4.69, 9.17) is 4.74 Å². The van der Waals surface area contributed by atoms with Crippen LogP contribution >= 0.6 is 0 Å². The number of benzene rings is 1. The summed E-state index contributed by atoms with van der Waals surface area (Å²) in [4.78, 5) is 11.9. The van der Waals surface area contributed by atoms with Gasteiger partial charge in [-0.1, -0.05) is 18.2 Å². The molecule has 6 nitrogen and oxygen atoms in total. The zero-order valence-electron chi connectivity index (χ0n) is 11.6. The predicted molar refractivity (Wildman–Crippen MR) is 77.5 cm³/mol. The van der Waals surface area contributed by atoms with Crippen molar-refractivity contribution in [3.05, 3.63) is 30.5 Å². The number of amides is 1. The molecule has 20 heavy (non-hydrogen) atoms. The summed E-state index contributed by atoms with van der Waals surface area (Å²) < 4.78 is 4.89. The summed E-state index contributed by atoms with van der Waals surface area (Å²) >= 11 is 0. The van der Waals surface area contributed by atoms with Crippen LogP contribution in [0.15, 0.2) is 30.5 Å². The molecule has 0 spiro atoms. The smallest absolute Gasteiger partial charge is 0.242 e.